The van der Waals surface area contributed by atoms with E-state index in [0.29, 0.717) is 54.7 Å². The summed E-state index contributed by atoms with van der Waals surface area (Å²) in [7, 11) is -0.284. The van der Waals surface area contributed by atoms with Crippen LogP contribution in [0.2, 0.25) is 6.32 Å². The smallest absolute Gasteiger partial charge is 0.457 e. The summed E-state index contributed by atoms with van der Waals surface area (Å²) in [4.78, 5) is 40.3. The summed E-state index contributed by atoms with van der Waals surface area (Å²) >= 11 is 0. The van der Waals surface area contributed by atoms with Gasteiger partial charge in [-0.05, 0) is 115 Å². The van der Waals surface area contributed by atoms with Gasteiger partial charge < -0.3 is 28.4 Å². The summed E-state index contributed by atoms with van der Waals surface area (Å²) in [6.45, 7) is 20.5. The average molecular weight is 693 g/mol. The molecule has 4 atom stereocenters. The zero-order valence-electron chi connectivity index (χ0n) is 31.3. The van der Waals surface area contributed by atoms with Gasteiger partial charge in [-0.25, -0.2) is 9.48 Å². The first kappa shape index (κ1) is 36.3. The van der Waals surface area contributed by atoms with Gasteiger partial charge in [0.25, 0.3) is 0 Å². The molecule has 13 heteroatoms. The number of hydrogen-bond acceptors (Lipinski definition) is 10. The number of amides is 1. The minimum Gasteiger partial charge on any atom is -0.486 e. The molecule has 0 unspecified atom stereocenters. The summed E-state index contributed by atoms with van der Waals surface area (Å²) < 4.78 is 32.0. The first-order valence-corrected chi connectivity index (χ1v) is 18.0. The van der Waals surface area contributed by atoms with Crippen molar-refractivity contribution in [1.29, 1.82) is 0 Å². The van der Waals surface area contributed by atoms with Gasteiger partial charge in [-0.2, -0.15) is 0 Å². The largest absolute Gasteiger partial charge is 0.486 e. The number of aromatic nitrogens is 3. The molecule has 5 fully saturated rings. The Morgan fingerprint density at radius 3 is 2.38 bits per heavy atom. The van der Waals surface area contributed by atoms with Crippen molar-refractivity contribution in [3.63, 3.8) is 0 Å². The number of esters is 2. The molecule has 50 heavy (non-hydrogen) atoms. The Kier molecular flexibility index (Phi) is 9.42. The van der Waals surface area contributed by atoms with Crippen LogP contribution < -0.4 is 4.74 Å². The fourth-order valence-electron chi connectivity index (χ4n) is 8.19. The van der Waals surface area contributed by atoms with Crippen LogP contribution in [0.5, 0.6) is 5.75 Å². The Balaban J connectivity index is 1.06. The molecular weight excluding hydrogens is 639 g/mol. The van der Waals surface area contributed by atoms with Crippen LogP contribution in [0.15, 0.2) is 18.3 Å². The Morgan fingerprint density at radius 1 is 1.02 bits per heavy atom. The third-order valence-electron chi connectivity index (χ3n) is 10.9. The number of hydrogen-bond donors (Lipinski definition) is 0. The van der Waals surface area contributed by atoms with Gasteiger partial charge in [-0.3, -0.25) is 9.59 Å². The molecular formula is C37H53BN4O8. The molecule has 1 aromatic carbocycles. The highest BCUT2D eigenvalue weighted by atomic mass is 16.7. The number of carbonyl (C=O) groups excluding carboxylic acids is 3. The molecule has 0 N–H and O–H groups in total. The van der Waals surface area contributed by atoms with Gasteiger partial charge >= 0.3 is 19.1 Å². The summed E-state index contributed by atoms with van der Waals surface area (Å²) in [5, 5.41) is 8.00. The van der Waals surface area contributed by atoms with Crippen LogP contribution in [0.1, 0.15) is 102 Å². The predicted molar refractivity (Wildman–Crippen MR) is 186 cm³/mol. The number of rotatable bonds is 10. The molecule has 12 nitrogen and oxygen atoms in total. The van der Waals surface area contributed by atoms with E-state index in [0.717, 1.165) is 17.5 Å². The van der Waals surface area contributed by atoms with Crippen LogP contribution >= 0.6 is 0 Å². The molecule has 272 valence electrons. The Bertz CT molecular complexity index is 1640. The molecule has 0 spiro atoms. The molecule has 3 heterocycles. The standard InChI is InChI=1S/C37H53BN4O8/c1-22-23(13-14-38-49-29-16-24-15-28(36(24,8)9)37(29,10)50-38)11-12-27(32(22)33(45)48-35(5,6)7)46-26-19-41(20-26)30(43)21-42-18-25(39-40-42)17-31(44)47-34(2,3)4/h11-12,18,24,26,28-29H,13-17,19-21H2,1-10H3/t24-,28-,29+,37-/m0/s1. The number of aryl methyl sites for hydroxylation is 1. The molecule has 5 aliphatic rings. The molecule has 2 saturated heterocycles. The van der Waals surface area contributed by atoms with Crippen molar-refractivity contribution in [2.75, 3.05) is 13.1 Å². The summed E-state index contributed by atoms with van der Waals surface area (Å²) in [5.41, 5.74) is 1.41. The second-order valence-corrected chi connectivity index (χ2v) is 17.4. The van der Waals surface area contributed by atoms with Crippen LogP contribution in [-0.2, 0) is 47.8 Å². The lowest BCUT2D eigenvalue weighted by Crippen LogP contribution is -2.65. The number of nitrogens with zero attached hydrogens (tertiary/aromatic N) is 4. The summed E-state index contributed by atoms with van der Waals surface area (Å²) in [6, 6.07) is 3.84. The molecule has 1 amide bonds. The molecule has 0 radical (unpaired) electrons. The second-order valence-electron chi connectivity index (χ2n) is 17.4. The van der Waals surface area contributed by atoms with E-state index in [-0.39, 0.29) is 49.2 Å². The van der Waals surface area contributed by atoms with E-state index >= 15 is 0 Å². The first-order valence-electron chi connectivity index (χ1n) is 18.0. The third-order valence-corrected chi connectivity index (χ3v) is 10.9. The summed E-state index contributed by atoms with van der Waals surface area (Å²) in [6.07, 6.45) is 5.02. The summed E-state index contributed by atoms with van der Waals surface area (Å²) in [5.74, 6) is 0.639. The maximum atomic E-state index is 13.6. The third kappa shape index (κ3) is 7.44. The van der Waals surface area contributed by atoms with Crippen molar-refractivity contribution in [3.8, 4) is 5.75 Å². The van der Waals surface area contributed by atoms with Gasteiger partial charge in [0, 0.05) is 6.20 Å². The molecule has 3 saturated carbocycles. The zero-order chi connectivity index (χ0) is 36.4. The molecule has 2 aromatic rings. The normalized spacial score (nSPS) is 25.8. The number of benzene rings is 1. The van der Waals surface area contributed by atoms with Crippen molar-refractivity contribution >= 4 is 25.0 Å². The van der Waals surface area contributed by atoms with Crippen molar-refractivity contribution in [3.05, 3.63) is 40.7 Å². The van der Waals surface area contributed by atoms with Gasteiger partial charge in [0.15, 0.2) is 0 Å². The maximum Gasteiger partial charge on any atom is 0.457 e. The Hall–Kier alpha value is -3.45. The number of ether oxygens (including phenoxy) is 3. The maximum absolute atomic E-state index is 13.6. The van der Waals surface area contributed by atoms with Crippen LogP contribution in [0.25, 0.3) is 0 Å². The fraction of sp³-hybridized carbons (Fsp3) is 0.703. The molecule has 7 rings (SSSR count). The monoisotopic (exact) mass is 692 g/mol. The van der Waals surface area contributed by atoms with Crippen molar-refractivity contribution in [2.45, 2.75) is 137 Å². The average Bonchev–Trinajstić information content (AvgIpc) is 3.54. The van der Waals surface area contributed by atoms with Gasteiger partial charge in [0.1, 0.15) is 35.2 Å². The van der Waals surface area contributed by atoms with Gasteiger partial charge in [0.05, 0.1) is 36.9 Å². The van der Waals surface area contributed by atoms with Crippen molar-refractivity contribution < 1.29 is 37.9 Å². The molecule has 3 aliphatic carbocycles. The van der Waals surface area contributed by atoms with E-state index in [1.807, 2.05) is 39.8 Å². The van der Waals surface area contributed by atoms with E-state index in [1.54, 1.807) is 31.9 Å². The predicted octanol–water partition coefficient (Wildman–Crippen LogP) is 4.99. The zero-order valence-corrected chi connectivity index (χ0v) is 31.3. The van der Waals surface area contributed by atoms with E-state index in [9.17, 15) is 14.4 Å². The fourth-order valence-corrected chi connectivity index (χ4v) is 8.19. The van der Waals surface area contributed by atoms with E-state index in [2.05, 4.69) is 31.1 Å². The van der Waals surface area contributed by atoms with E-state index < -0.39 is 23.1 Å². The lowest BCUT2D eigenvalue weighted by molar-refractivity contribution is -0.199. The lowest BCUT2D eigenvalue weighted by atomic mass is 9.43. The van der Waals surface area contributed by atoms with E-state index in [4.69, 9.17) is 23.5 Å². The van der Waals surface area contributed by atoms with Crippen LogP contribution in [0, 0.1) is 24.2 Å². The minimum absolute atomic E-state index is 0.0156. The van der Waals surface area contributed by atoms with Gasteiger partial charge in [-0.1, -0.05) is 25.1 Å². The van der Waals surface area contributed by atoms with E-state index in [1.165, 1.54) is 11.1 Å². The second kappa shape index (κ2) is 13.0. The highest BCUT2D eigenvalue weighted by Crippen LogP contribution is 2.65. The van der Waals surface area contributed by atoms with Crippen molar-refractivity contribution in [1.82, 2.24) is 19.9 Å². The lowest BCUT2D eigenvalue weighted by Gasteiger charge is -2.64. The minimum atomic E-state index is -0.684. The Morgan fingerprint density at radius 2 is 1.72 bits per heavy atom. The number of likely N-dealkylation sites (tertiary alicyclic amines) is 1. The Labute approximate surface area is 296 Å². The van der Waals surface area contributed by atoms with Crippen LogP contribution in [-0.4, -0.2) is 87.0 Å². The van der Waals surface area contributed by atoms with Crippen LogP contribution in [0.4, 0.5) is 0 Å². The molecule has 2 bridgehead atoms. The number of carbonyl (C=O) groups is 3. The highest BCUT2D eigenvalue weighted by Gasteiger charge is 2.67. The SMILES string of the molecule is Cc1c(CCB2O[C@@H]3C[C@@H]4C[C@@H](C4(C)C)[C@]3(C)O2)ccc(OC2CN(C(=O)Cn3cc(CC(=O)OC(C)(C)C)nn3)C2)c1C(=O)OC(C)(C)C. The highest BCUT2D eigenvalue weighted by molar-refractivity contribution is 6.45. The van der Waals surface area contributed by atoms with Gasteiger partial charge in [-0.15, -0.1) is 5.10 Å². The van der Waals surface area contributed by atoms with Crippen LogP contribution in [0.3, 0.4) is 0 Å². The molecule has 1 aromatic heterocycles. The quantitative estimate of drug-likeness (QED) is 0.248. The molecule has 2 aliphatic heterocycles. The first-order chi connectivity index (χ1) is 23.2. The van der Waals surface area contributed by atoms with Crippen molar-refractivity contribution in [2.24, 2.45) is 17.3 Å². The van der Waals surface area contributed by atoms with Gasteiger partial charge in [0.2, 0.25) is 5.91 Å². The topological polar surface area (TPSA) is 131 Å².